The maximum absolute atomic E-state index is 12.2. The molecule has 2 unspecified atom stereocenters. The molecule has 4 saturated carbocycles. The first-order valence-corrected chi connectivity index (χ1v) is 12.5. The minimum absolute atomic E-state index is 0.00269. The molecule has 8 nitrogen and oxygen atoms in total. The number of fused-ring (bicyclic) bond motifs is 1. The highest BCUT2D eigenvalue weighted by molar-refractivity contribution is 9.10. The molecule has 4 fully saturated rings. The van der Waals surface area contributed by atoms with E-state index >= 15 is 0 Å². The first-order valence-electron chi connectivity index (χ1n) is 11.7. The van der Waals surface area contributed by atoms with Gasteiger partial charge >= 0.3 is 0 Å². The number of nitrogens with one attached hydrogen (secondary N) is 2. The van der Waals surface area contributed by atoms with Gasteiger partial charge in [-0.2, -0.15) is 4.98 Å². The SMILES string of the molecule is O=C1Cc2ccc(Nc3ncc(Br)c(NC4C5CC6CC4CC(O)(C6)C5)n3)cc2N1CCO. The van der Waals surface area contributed by atoms with Crippen LogP contribution in [0.1, 0.15) is 37.7 Å². The van der Waals surface area contributed by atoms with E-state index in [1.54, 1.807) is 11.1 Å². The van der Waals surface area contributed by atoms with Gasteiger partial charge in [0.2, 0.25) is 11.9 Å². The Morgan fingerprint density at radius 2 is 2.00 bits per heavy atom. The average Bonchev–Trinajstić information content (AvgIpc) is 3.07. The second-order valence-corrected chi connectivity index (χ2v) is 11.0. The fourth-order valence-electron chi connectivity index (χ4n) is 6.81. The van der Waals surface area contributed by atoms with Gasteiger partial charge in [-0.15, -0.1) is 0 Å². The normalized spacial score (nSPS) is 31.7. The van der Waals surface area contributed by atoms with Crippen molar-refractivity contribution in [3.63, 3.8) is 0 Å². The minimum Gasteiger partial charge on any atom is -0.395 e. The zero-order valence-corrected chi connectivity index (χ0v) is 19.9. The number of β-amino-alcohol motifs (C(OH)–C–C–N with tert-alkyl or cyclic N) is 1. The molecule has 1 amide bonds. The lowest BCUT2D eigenvalue weighted by Gasteiger charge is -2.58. The molecular weight excluding hydrogens is 486 g/mol. The number of benzene rings is 1. The van der Waals surface area contributed by atoms with Crippen LogP contribution in [0.2, 0.25) is 0 Å². The molecule has 2 atom stereocenters. The Morgan fingerprint density at radius 3 is 2.73 bits per heavy atom. The second kappa shape index (κ2) is 7.92. The number of nitrogens with zero attached hydrogens (tertiary/aromatic N) is 3. The Balaban J connectivity index is 1.21. The van der Waals surface area contributed by atoms with Crippen molar-refractivity contribution in [3.8, 4) is 0 Å². The van der Waals surface area contributed by atoms with Crippen molar-refractivity contribution in [2.24, 2.45) is 17.8 Å². The summed E-state index contributed by atoms with van der Waals surface area (Å²) in [5.41, 5.74) is 2.11. The van der Waals surface area contributed by atoms with E-state index in [1.165, 1.54) is 12.8 Å². The number of carbonyl (C=O) groups is 1. The number of anilines is 4. The highest BCUT2D eigenvalue weighted by Gasteiger charge is 2.54. The Bertz CT molecular complexity index is 1100. The predicted molar refractivity (Wildman–Crippen MR) is 129 cm³/mol. The van der Waals surface area contributed by atoms with Gasteiger partial charge in [0.1, 0.15) is 5.82 Å². The molecule has 33 heavy (non-hydrogen) atoms. The zero-order chi connectivity index (χ0) is 22.7. The van der Waals surface area contributed by atoms with Crippen molar-refractivity contribution in [2.75, 3.05) is 28.7 Å². The number of rotatable bonds is 6. The first-order chi connectivity index (χ1) is 15.9. The van der Waals surface area contributed by atoms with Crippen LogP contribution in [-0.4, -0.2) is 50.9 Å². The Labute approximate surface area is 200 Å². The second-order valence-electron chi connectivity index (χ2n) is 10.2. The van der Waals surface area contributed by atoms with Crippen LogP contribution in [0.4, 0.5) is 23.1 Å². The molecule has 1 aromatic carbocycles. The number of carbonyl (C=O) groups excluding carboxylic acids is 1. The molecule has 4 N–H and O–H groups in total. The van der Waals surface area contributed by atoms with E-state index in [-0.39, 0.29) is 19.1 Å². The van der Waals surface area contributed by atoms with Crippen LogP contribution >= 0.6 is 15.9 Å². The number of aliphatic hydroxyl groups is 2. The standard InChI is InChI=1S/C24H28BrN5O3/c25-18-12-26-23(27-17-2-1-14-7-20(32)30(3-4-31)19(14)8-17)29-22(18)28-21-15-5-13-6-16(21)11-24(33,9-13)10-15/h1-2,8,12-13,15-16,21,31,33H,3-7,9-11H2,(H2,26,27,28,29). The molecule has 1 aromatic heterocycles. The molecule has 4 aliphatic carbocycles. The summed E-state index contributed by atoms with van der Waals surface area (Å²) in [7, 11) is 0. The van der Waals surface area contributed by atoms with Gasteiger partial charge < -0.3 is 25.7 Å². The van der Waals surface area contributed by atoms with Gasteiger partial charge in [-0.3, -0.25) is 4.79 Å². The van der Waals surface area contributed by atoms with E-state index < -0.39 is 5.60 Å². The molecule has 0 radical (unpaired) electrons. The highest BCUT2D eigenvalue weighted by atomic mass is 79.9. The zero-order valence-electron chi connectivity index (χ0n) is 18.3. The van der Waals surface area contributed by atoms with Gasteiger partial charge in [0.05, 0.1) is 23.1 Å². The molecule has 4 bridgehead atoms. The molecule has 0 saturated heterocycles. The van der Waals surface area contributed by atoms with Crippen molar-refractivity contribution in [1.29, 1.82) is 0 Å². The van der Waals surface area contributed by atoms with Crippen LogP contribution in [0.3, 0.4) is 0 Å². The smallest absolute Gasteiger partial charge is 0.231 e. The third-order valence-electron chi connectivity index (χ3n) is 7.89. The van der Waals surface area contributed by atoms with Crippen LogP contribution in [0.15, 0.2) is 28.9 Å². The Morgan fingerprint density at radius 1 is 1.21 bits per heavy atom. The molecule has 2 aromatic rings. The number of amides is 1. The number of hydrogen-bond acceptors (Lipinski definition) is 7. The summed E-state index contributed by atoms with van der Waals surface area (Å²) in [6.45, 7) is 0.215. The fourth-order valence-corrected chi connectivity index (χ4v) is 7.12. The molecule has 5 aliphatic rings. The van der Waals surface area contributed by atoms with Crippen LogP contribution < -0.4 is 15.5 Å². The molecule has 1 aliphatic heterocycles. The topological polar surface area (TPSA) is 111 Å². The van der Waals surface area contributed by atoms with Crippen molar-refractivity contribution in [3.05, 3.63) is 34.4 Å². The molecule has 0 spiro atoms. The number of halogens is 1. The van der Waals surface area contributed by atoms with Crippen LogP contribution in [0, 0.1) is 17.8 Å². The number of aromatic nitrogens is 2. The average molecular weight is 514 g/mol. The van der Waals surface area contributed by atoms with Crippen molar-refractivity contribution >= 4 is 45.0 Å². The van der Waals surface area contributed by atoms with E-state index in [4.69, 9.17) is 4.98 Å². The lowest BCUT2D eigenvalue weighted by molar-refractivity contribution is -0.129. The Kier molecular flexibility index (Phi) is 5.12. The van der Waals surface area contributed by atoms with E-state index in [9.17, 15) is 15.0 Å². The van der Waals surface area contributed by atoms with E-state index in [0.29, 0.717) is 36.2 Å². The van der Waals surface area contributed by atoms with Gasteiger partial charge in [0, 0.05) is 30.2 Å². The summed E-state index contributed by atoms with van der Waals surface area (Å²) in [4.78, 5) is 23.0. The fraction of sp³-hybridized carbons (Fsp3) is 0.542. The third-order valence-corrected chi connectivity index (χ3v) is 8.47. The van der Waals surface area contributed by atoms with Crippen LogP contribution in [-0.2, 0) is 11.2 Å². The van der Waals surface area contributed by atoms with Crippen LogP contribution in [0.25, 0.3) is 0 Å². The summed E-state index contributed by atoms with van der Waals surface area (Å²) >= 11 is 3.59. The summed E-state index contributed by atoms with van der Waals surface area (Å²) < 4.78 is 0.814. The molecular formula is C24H28BrN5O3. The van der Waals surface area contributed by atoms with Gasteiger partial charge in [0.15, 0.2) is 0 Å². The summed E-state index contributed by atoms with van der Waals surface area (Å²) in [5.74, 6) is 2.85. The van der Waals surface area contributed by atoms with Crippen LogP contribution in [0.5, 0.6) is 0 Å². The molecule has 2 heterocycles. The van der Waals surface area contributed by atoms with Gasteiger partial charge in [-0.05, 0) is 83.5 Å². The molecule has 174 valence electrons. The van der Waals surface area contributed by atoms with E-state index in [0.717, 1.165) is 46.5 Å². The number of aliphatic hydroxyl groups excluding tert-OH is 1. The molecule has 9 heteroatoms. The maximum atomic E-state index is 12.2. The summed E-state index contributed by atoms with van der Waals surface area (Å²) in [6, 6.07) is 6.08. The van der Waals surface area contributed by atoms with Gasteiger partial charge in [-0.25, -0.2) is 4.98 Å². The molecule has 7 rings (SSSR count). The van der Waals surface area contributed by atoms with Gasteiger partial charge in [-0.1, -0.05) is 6.07 Å². The van der Waals surface area contributed by atoms with Gasteiger partial charge in [0.25, 0.3) is 0 Å². The summed E-state index contributed by atoms with van der Waals surface area (Å²) in [6.07, 6.45) is 7.20. The lowest BCUT2D eigenvalue weighted by atomic mass is 9.52. The van der Waals surface area contributed by atoms with E-state index in [2.05, 4.69) is 31.5 Å². The monoisotopic (exact) mass is 513 g/mol. The minimum atomic E-state index is -0.455. The lowest BCUT2D eigenvalue weighted by Crippen LogP contribution is -2.59. The third kappa shape index (κ3) is 3.80. The van der Waals surface area contributed by atoms with Crippen molar-refractivity contribution < 1.29 is 15.0 Å². The predicted octanol–water partition coefficient (Wildman–Crippen LogP) is 3.22. The Hall–Kier alpha value is -2.23. The van der Waals surface area contributed by atoms with E-state index in [1.807, 2.05) is 18.2 Å². The maximum Gasteiger partial charge on any atom is 0.231 e. The highest BCUT2D eigenvalue weighted by Crippen LogP contribution is 2.56. The summed E-state index contributed by atoms with van der Waals surface area (Å²) in [5, 5.41) is 27.1. The van der Waals surface area contributed by atoms with Crippen molar-refractivity contribution in [1.82, 2.24) is 9.97 Å². The first kappa shape index (κ1) is 21.3. The van der Waals surface area contributed by atoms with Crippen molar-refractivity contribution in [2.45, 2.75) is 50.2 Å². The largest absolute Gasteiger partial charge is 0.395 e. The number of hydrogen-bond donors (Lipinski definition) is 4. The quantitative estimate of drug-likeness (QED) is 0.469.